The van der Waals surface area contributed by atoms with Crippen molar-refractivity contribution < 1.29 is 4.39 Å². The molecule has 0 bridgehead atoms. The Balaban J connectivity index is 2.53. The maximum Gasteiger partial charge on any atom is 0.146 e. The highest BCUT2D eigenvalue weighted by molar-refractivity contribution is 5.71. The lowest BCUT2D eigenvalue weighted by Gasteiger charge is -2.26. The van der Waals surface area contributed by atoms with E-state index < -0.39 is 0 Å². The molecule has 2 nitrogen and oxygen atoms in total. The highest BCUT2D eigenvalue weighted by Gasteiger charge is 2.14. The van der Waals surface area contributed by atoms with Crippen molar-refractivity contribution >= 4 is 17.1 Å². The Morgan fingerprint density at radius 2 is 1.72 bits per heavy atom. The third-order valence-corrected chi connectivity index (χ3v) is 3.10. The van der Waals surface area contributed by atoms with Crippen LogP contribution >= 0.6 is 0 Å². The molecule has 0 saturated carbocycles. The van der Waals surface area contributed by atoms with Crippen LogP contribution in [-0.4, -0.2) is 6.54 Å². The Hall–Kier alpha value is -2.03. The van der Waals surface area contributed by atoms with Crippen LogP contribution in [0.4, 0.5) is 21.5 Å². The van der Waals surface area contributed by atoms with Gasteiger partial charge in [-0.05, 0) is 43.7 Å². The van der Waals surface area contributed by atoms with Crippen molar-refractivity contribution in [1.82, 2.24) is 0 Å². The number of halogens is 1. The van der Waals surface area contributed by atoms with E-state index in [4.69, 9.17) is 5.73 Å². The topological polar surface area (TPSA) is 29.3 Å². The van der Waals surface area contributed by atoms with Gasteiger partial charge in [0.25, 0.3) is 0 Å². The summed E-state index contributed by atoms with van der Waals surface area (Å²) in [5, 5.41) is 0. The average molecular weight is 244 g/mol. The zero-order valence-electron chi connectivity index (χ0n) is 10.7. The Bertz CT molecular complexity index is 552. The molecule has 3 heteroatoms. The van der Waals surface area contributed by atoms with Crippen molar-refractivity contribution in [2.24, 2.45) is 0 Å². The summed E-state index contributed by atoms with van der Waals surface area (Å²) in [4.78, 5) is 1.93. The maximum absolute atomic E-state index is 13.9. The van der Waals surface area contributed by atoms with Gasteiger partial charge in [0.05, 0.1) is 5.69 Å². The Morgan fingerprint density at radius 1 is 1.06 bits per heavy atom. The Morgan fingerprint density at radius 3 is 2.39 bits per heavy atom. The van der Waals surface area contributed by atoms with E-state index in [1.54, 1.807) is 12.1 Å². The summed E-state index contributed by atoms with van der Waals surface area (Å²) in [6.45, 7) is 4.63. The van der Waals surface area contributed by atoms with Crippen LogP contribution in [0.1, 0.15) is 12.5 Å². The molecule has 2 aromatic carbocycles. The van der Waals surface area contributed by atoms with E-state index in [2.05, 4.69) is 0 Å². The first-order chi connectivity index (χ1) is 8.65. The van der Waals surface area contributed by atoms with Gasteiger partial charge in [-0.15, -0.1) is 0 Å². The summed E-state index contributed by atoms with van der Waals surface area (Å²) in [5.74, 6) is -0.221. The van der Waals surface area contributed by atoms with Gasteiger partial charge in [0.2, 0.25) is 0 Å². The van der Waals surface area contributed by atoms with Crippen LogP contribution in [-0.2, 0) is 0 Å². The van der Waals surface area contributed by atoms with Crippen molar-refractivity contribution in [2.75, 3.05) is 17.2 Å². The molecule has 0 heterocycles. The second-order valence-electron chi connectivity index (χ2n) is 4.19. The second-order valence-corrected chi connectivity index (χ2v) is 4.19. The lowest BCUT2D eigenvalue weighted by Crippen LogP contribution is -2.18. The lowest BCUT2D eigenvalue weighted by atomic mass is 10.1. The highest BCUT2D eigenvalue weighted by Crippen LogP contribution is 2.32. The first-order valence-electron chi connectivity index (χ1n) is 6.02. The molecule has 0 radical (unpaired) electrons. The first kappa shape index (κ1) is 12.4. The van der Waals surface area contributed by atoms with E-state index in [9.17, 15) is 4.39 Å². The summed E-state index contributed by atoms with van der Waals surface area (Å²) >= 11 is 0. The monoisotopic (exact) mass is 244 g/mol. The van der Waals surface area contributed by atoms with Crippen molar-refractivity contribution in [3.63, 3.8) is 0 Å². The fourth-order valence-corrected chi connectivity index (χ4v) is 2.07. The van der Waals surface area contributed by atoms with Crippen molar-refractivity contribution in [1.29, 1.82) is 0 Å². The van der Waals surface area contributed by atoms with Gasteiger partial charge in [-0.3, -0.25) is 0 Å². The van der Waals surface area contributed by atoms with Crippen LogP contribution < -0.4 is 10.6 Å². The standard InChI is InChI=1S/C15H17FN2/c1-3-18(15-9-5-4-7-12(15)16)14-10-6-8-13(17)11(14)2/h4-10H,3,17H2,1-2H3. The molecular formula is C15H17FN2. The van der Waals surface area contributed by atoms with Gasteiger partial charge in [0.1, 0.15) is 5.82 Å². The summed E-state index contributed by atoms with van der Waals surface area (Å²) in [6.07, 6.45) is 0. The van der Waals surface area contributed by atoms with Gasteiger partial charge < -0.3 is 10.6 Å². The van der Waals surface area contributed by atoms with E-state index in [0.717, 1.165) is 16.9 Å². The number of nitrogens with two attached hydrogens (primary N) is 1. The second kappa shape index (κ2) is 5.08. The quantitative estimate of drug-likeness (QED) is 0.830. The molecule has 0 amide bonds. The average Bonchev–Trinajstić information content (AvgIpc) is 2.37. The minimum absolute atomic E-state index is 0.221. The molecule has 0 spiro atoms. The van der Waals surface area contributed by atoms with Crippen molar-refractivity contribution in [2.45, 2.75) is 13.8 Å². The number of para-hydroxylation sites is 1. The van der Waals surface area contributed by atoms with Crippen LogP contribution in [0.5, 0.6) is 0 Å². The smallest absolute Gasteiger partial charge is 0.146 e. The van der Waals surface area contributed by atoms with E-state index >= 15 is 0 Å². The molecule has 0 aromatic heterocycles. The molecule has 0 aliphatic carbocycles. The molecule has 18 heavy (non-hydrogen) atoms. The molecule has 0 aliphatic rings. The molecule has 94 valence electrons. The van der Waals surface area contributed by atoms with E-state index in [1.165, 1.54) is 6.07 Å². The molecule has 2 rings (SSSR count). The van der Waals surface area contributed by atoms with Gasteiger partial charge in [-0.25, -0.2) is 4.39 Å². The number of nitrogens with zero attached hydrogens (tertiary/aromatic N) is 1. The largest absolute Gasteiger partial charge is 0.398 e. The number of nitrogen functional groups attached to an aromatic ring is 1. The van der Waals surface area contributed by atoms with Gasteiger partial charge in [-0.1, -0.05) is 18.2 Å². The molecule has 2 aromatic rings. The number of benzene rings is 2. The maximum atomic E-state index is 13.9. The molecule has 0 aliphatic heterocycles. The van der Waals surface area contributed by atoms with E-state index in [1.807, 2.05) is 43.0 Å². The minimum Gasteiger partial charge on any atom is -0.398 e. The number of anilines is 3. The zero-order valence-corrected chi connectivity index (χ0v) is 10.7. The Kier molecular flexibility index (Phi) is 3.51. The molecule has 0 unspecified atom stereocenters. The normalized spacial score (nSPS) is 10.4. The van der Waals surface area contributed by atoms with Crippen LogP contribution in [0.2, 0.25) is 0 Å². The summed E-state index contributed by atoms with van der Waals surface area (Å²) in [7, 11) is 0. The summed E-state index contributed by atoms with van der Waals surface area (Å²) in [6, 6.07) is 12.5. The van der Waals surface area contributed by atoms with Crippen LogP contribution in [0.25, 0.3) is 0 Å². The van der Waals surface area contributed by atoms with Crippen LogP contribution in [0.3, 0.4) is 0 Å². The van der Waals surface area contributed by atoms with Gasteiger partial charge in [0, 0.05) is 17.9 Å². The minimum atomic E-state index is -0.221. The molecular weight excluding hydrogens is 227 g/mol. The van der Waals surface area contributed by atoms with E-state index in [-0.39, 0.29) is 5.82 Å². The fraction of sp³-hybridized carbons (Fsp3) is 0.200. The van der Waals surface area contributed by atoms with Crippen molar-refractivity contribution in [3.05, 3.63) is 53.8 Å². The third-order valence-electron chi connectivity index (χ3n) is 3.10. The van der Waals surface area contributed by atoms with Gasteiger partial charge >= 0.3 is 0 Å². The number of rotatable bonds is 3. The van der Waals surface area contributed by atoms with E-state index in [0.29, 0.717) is 12.2 Å². The fourth-order valence-electron chi connectivity index (χ4n) is 2.07. The van der Waals surface area contributed by atoms with Crippen LogP contribution in [0.15, 0.2) is 42.5 Å². The SMILES string of the molecule is CCN(c1ccccc1F)c1cccc(N)c1C. The number of hydrogen-bond donors (Lipinski definition) is 1. The lowest BCUT2D eigenvalue weighted by molar-refractivity contribution is 0.625. The van der Waals surface area contributed by atoms with Gasteiger partial charge in [0.15, 0.2) is 0 Å². The molecule has 0 fully saturated rings. The Labute approximate surface area is 107 Å². The van der Waals surface area contributed by atoms with Crippen LogP contribution in [0, 0.1) is 12.7 Å². The predicted octanol–water partition coefficient (Wildman–Crippen LogP) is 3.87. The molecule has 2 N–H and O–H groups in total. The van der Waals surface area contributed by atoms with Crippen molar-refractivity contribution in [3.8, 4) is 0 Å². The summed E-state index contributed by atoms with van der Waals surface area (Å²) < 4.78 is 13.9. The zero-order chi connectivity index (χ0) is 13.1. The first-order valence-corrected chi connectivity index (χ1v) is 6.02. The van der Waals surface area contributed by atoms with Gasteiger partial charge in [-0.2, -0.15) is 0 Å². The molecule has 0 atom stereocenters. The highest BCUT2D eigenvalue weighted by atomic mass is 19.1. The predicted molar refractivity (Wildman–Crippen MR) is 74.7 cm³/mol. The third kappa shape index (κ3) is 2.16. The molecule has 0 saturated heterocycles. The summed E-state index contributed by atoms with van der Waals surface area (Å²) in [5.41, 5.74) is 9.13. The number of hydrogen-bond acceptors (Lipinski definition) is 2.